The summed E-state index contributed by atoms with van der Waals surface area (Å²) in [4.78, 5) is 0. The van der Waals surface area contributed by atoms with Crippen LogP contribution in [0, 0.1) is 0 Å². The molecular formula is C50H30O. The molecule has 1 aromatic heterocycles. The van der Waals surface area contributed by atoms with Crippen molar-refractivity contribution < 1.29 is 16.8 Å². The Kier molecular flexibility index (Phi) is 4.43. The fourth-order valence-electron chi connectivity index (χ4n) is 8.00. The van der Waals surface area contributed by atoms with Gasteiger partial charge in [0.2, 0.25) is 0 Å². The van der Waals surface area contributed by atoms with Crippen LogP contribution in [0.4, 0.5) is 0 Å². The van der Waals surface area contributed by atoms with Crippen LogP contribution in [0.2, 0.25) is 0 Å². The number of rotatable bonds is 3. The van der Waals surface area contributed by atoms with Crippen molar-refractivity contribution in [3.05, 3.63) is 182 Å². The van der Waals surface area contributed by atoms with Gasteiger partial charge in [0.25, 0.3) is 0 Å². The summed E-state index contributed by atoms with van der Waals surface area (Å²) in [6, 6.07) is 40.0. The maximum absolute atomic E-state index is 9.29. The van der Waals surface area contributed by atoms with Crippen LogP contribution in [-0.4, -0.2) is 0 Å². The summed E-state index contributed by atoms with van der Waals surface area (Å²) >= 11 is 0. The van der Waals surface area contributed by atoms with E-state index < -0.39 is 36.3 Å². The van der Waals surface area contributed by atoms with E-state index in [1.807, 2.05) is 24.3 Å². The molecule has 0 atom stereocenters. The predicted molar refractivity (Wildman–Crippen MR) is 218 cm³/mol. The number of benzene rings is 10. The van der Waals surface area contributed by atoms with Crippen LogP contribution in [0.1, 0.15) is 12.3 Å². The third-order valence-electron chi connectivity index (χ3n) is 10.2. The molecule has 0 unspecified atom stereocenters. The van der Waals surface area contributed by atoms with Gasteiger partial charge in [-0.1, -0.05) is 164 Å². The molecule has 10 aromatic carbocycles. The fraction of sp³-hybridized carbons (Fsp3) is 0. The second-order valence-electron chi connectivity index (χ2n) is 12.9. The molecule has 0 aliphatic carbocycles. The molecular weight excluding hydrogens is 617 g/mol. The largest absolute Gasteiger partial charge is 0.455 e. The molecule has 0 fully saturated rings. The van der Waals surface area contributed by atoms with E-state index in [1.165, 1.54) is 16.3 Å². The highest BCUT2D eigenvalue weighted by atomic mass is 16.3. The maximum atomic E-state index is 9.29. The summed E-state index contributed by atoms with van der Waals surface area (Å²) in [5.41, 5.74) is 5.02. The molecule has 0 bridgehead atoms. The zero-order chi connectivity index (χ0) is 41.3. The molecule has 1 nitrogen and oxygen atoms in total. The second kappa shape index (κ2) is 10.9. The lowest BCUT2D eigenvalue weighted by Gasteiger charge is -2.19. The number of hydrogen-bond donors (Lipinski definition) is 0. The van der Waals surface area contributed by atoms with Crippen LogP contribution in [0.15, 0.2) is 186 Å². The van der Waals surface area contributed by atoms with Gasteiger partial charge in [-0.05, 0) is 100 Å². The molecule has 0 N–H and O–H groups in total. The molecule has 0 spiro atoms. The Labute approximate surface area is 307 Å². The van der Waals surface area contributed by atoms with Crippen molar-refractivity contribution in [1.29, 1.82) is 0 Å². The number of hydrogen-bond acceptors (Lipinski definition) is 1. The number of furan rings is 1. The zero-order valence-electron chi connectivity index (χ0n) is 36.0. The molecule has 1 heterocycles. The van der Waals surface area contributed by atoms with E-state index in [2.05, 4.69) is 103 Å². The molecule has 0 radical (unpaired) electrons. The van der Waals surface area contributed by atoms with Gasteiger partial charge in [0.05, 0.1) is 12.3 Å². The van der Waals surface area contributed by atoms with Crippen LogP contribution in [-0.2, 0) is 0 Å². The van der Waals surface area contributed by atoms with Crippen molar-refractivity contribution in [3.8, 4) is 33.4 Å². The van der Waals surface area contributed by atoms with Gasteiger partial charge in [-0.25, -0.2) is 0 Å². The van der Waals surface area contributed by atoms with Crippen LogP contribution in [0.3, 0.4) is 0 Å². The first-order chi connectivity index (χ1) is 29.1. The van der Waals surface area contributed by atoms with Crippen LogP contribution in [0.5, 0.6) is 0 Å². The zero-order valence-corrected chi connectivity index (χ0v) is 27.0. The van der Waals surface area contributed by atoms with E-state index in [-0.39, 0.29) is 56.4 Å². The standard InChI is InChI=1S/C50H30O/c1-3-16-35-31(12-1)14-9-23-39(35)48-43-20-7-5-18-41(43)47(42-19-6-8-21-44(42)48)34-27-28-36-33(30-34)15-10-22-38(36)40-24-11-25-46-49(40)45-29-26-32-13-2-4-17-37(32)50(45)51-46/h1-30H/i2D,4D,11D,13D,17D,24D,25D,26D,29D. The minimum absolute atomic E-state index is 0.0578. The molecule has 0 aliphatic rings. The molecule has 0 aliphatic heterocycles. The summed E-state index contributed by atoms with van der Waals surface area (Å²) in [7, 11) is 0. The van der Waals surface area contributed by atoms with Gasteiger partial charge < -0.3 is 4.42 Å². The summed E-state index contributed by atoms with van der Waals surface area (Å²) in [5, 5.41) is 8.40. The topological polar surface area (TPSA) is 13.1 Å². The monoisotopic (exact) mass is 655 g/mol. The minimum Gasteiger partial charge on any atom is -0.455 e. The quantitative estimate of drug-likeness (QED) is 0.173. The highest BCUT2D eigenvalue weighted by molar-refractivity contribution is 6.24. The average Bonchev–Trinajstić information content (AvgIpc) is 3.67. The average molecular weight is 656 g/mol. The summed E-state index contributed by atoms with van der Waals surface area (Å²) in [6.07, 6.45) is 0. The molecule has 0 amide bonds. The fourth-order valence-corrected chi connectivity index (χ4v) is 8.00. The van der Waals surface area contributed by atoms with Gasteiger partial charge in [-0.3, -0.25) is 0 Å². The van der Waals surface area contributed by atoms with Crippen LogP contribution >= 0.6 is 0 Å². The lowest BCUT2D eigenvalue weighted by molar-refractivity contribution is 0.673. The minimum atomic E-state index is -0.531. The van der Waals surface area contributed by atoms with E-state index in [0.29, 0.717) is 5.56 Å². The lowest BCUT2D eigenvalue weighted by Crippen LogP contribution is -1.92. The Morgan fingerprint density at radius 1 is 0.373 bits per heavy atom. The number of fused-ring (bicyclic) bond motifs is 9. The normalized spacial score (nSPS) is 14.4. The van der Waals surface area contributed by atoms with Crippen molar-refractivity contribution in [2.24, 2.45) is 0 Å². The van der Waals surface area contributed by atoms with Gasteiger partial charge in [0.1, 0.15) is 11.2 Å². The van der Waals surface area contributed by atoms with Crippen molar-refractivity contribution >= 4 is 75.8 Å². The van der Waals surface area contributed by atoms with E-state index in [1.54, 1.807) is 0 Å². The highest BCUT2D eigenvalue weighted by Crippen LogP contribution is 2.47. The molecule has 236 valence electrons. The van der Waals surface area contributed by atoms with Crippen LogP contribution in [0.25, 0.3) is 109 Å². The van der Waals surface area contributed by atoms with E-state index >= 15 is 0 Å². The van der Waals surface area contributed by atoms with Crippen molar-refractivity contribution in [2.45, 2.75) is 0 Å². The molecule has 51 heavy (non-hydrogen) atoms. The Hall–Kier alpha value is -6.70. The molecule has 1 heteroatoms. The van der Waals surface area contributed by atoms with Gasteiger partial charge in [0, 0.05) is 16.2 Å². The summed E-state index contributed by atoms with van der Waals surface area (Å²) in [6.45, 7) is 0. The highest BCUT2D eigenvalue weighted by Gasteiger charge is 2.19. The van der Waals surface area contributed by atoms with Gasteiger partial charge in [-0.15, -0.1) is 0 Å². The van der Waals surface area contributed by atoms with Gasteiger partial charge in [0.15, 0.2) is 0 Å². The molecule has 0 saturated carbocycles. The SMILES string of the molecule is [2H]c1c([2H])c(-c2cccc3cc(-c4c5ccccc5c(-c5cccc6ccccc56)c5ccccc45)ccc23)c2c(oc3c4c([2H])c([2H])c([2H])c([2H])c4c([2H])c([2H])c32)c1[2H]. The van der Waals surface area contributed by atoms with E-state index in [4.69, 9.17) is 14.0 Å². The second-order valence-corrected chi connectivity index (χ2v) is 12.9. The first kappa shape index (κ1) is 20.7. The first-order valence-corrected chi connectivity index (χ1v) is 16.9. The predicted octanol–water partition coefficient (Wildman–Crippen LogP) is 14.4. The Bertz CT molecular complexity index is 3660. The first-order valence-electron chi connectivity index (χ1n) is 21.4. The van der Waals surface area contributed by atoms with E-state index in [9.17, 15) is 2.74 Å². The third kappa shape index (κ3) is 4.16. The molecule has 0 saturated heterocycles. The van der Waals surface area contributed by atoms with Crippen molar-refractivity contribution in [3.63, 3.8) is 0 Å². The Morgan fingerprint density at radius 3 is 1.82 bits per heavy atom. The van der Waals surface area contributed by atoms with Gasteiger partial charge in [-0.2, -0.15) is 0 Å². The summed E-state index contributed by atoms with van der Waals surface area (Å²) in [5.74, 6) is 0. The van der Waals surface area contributed by atoms with Gasteiger partial charge >= 0.3 is 0 Å². The van der Waals surface area contributed by atoms with Crippen LogP contribution < -0.4 is 0 Å². The van der Waals surface area contributed by atoms with Crippen molar-refractivity contribution in [1.82, 2.24) is 0 Å². The summed E-state index contributed by atoms with van der Waals surface area (Å²) < 4.78 is 85.4. The smallest absolute Gasteiger partial charge is 0.143 e. The third-order valence-corrected chi connectivity index (χ3v) is 10.2. The Morgan fingerprint density at radius 2 is 1.02 bits per heavy atom. The molecule has 11 aromatic rings. The lowest BCUT2D eigenvalue weighted by atomic mass is 9.84. The molecule has 11 rings (SSSR count). The Balaban J connectivity index is 1.19. The van der Waals surface area contributed by atoms with Crippen molar-refractivity contribution in [2.75, 3.05) is 0 Å². The van der Waals surface area contributed by atoms with E-state index in [0.717, 1.165) is 49.0 Å². The maximum Gasteiger partial charge on any atom is 0.143 e.